The fourth-order valence-electron chi connectivity index (χ4n) is 2.66. The van der Waals surface area contributed by atoms with Gasteiger partial charge in [-0.15, -0.1) is 0 Å². The third-order valence-electron chi connectivity index (χ3n) is 4.01. The van der Waals surface area contributed by atoms with E-state index in [0.717, 1.165) is 20.9 Å². The topological polar surface area (TPSA) is 57.7 Å². The highest BCUT2D eigenvalue weighted by Gasteiger charge is 2.46. The van der Waals surface area contributed by atoms with Crippen LogP contribution in [0, 0.1) is 0 Å². The Bertz CT molecular complexity index is 790. The molecule has 1 saturated heterocycles. The lowest BCUT2D eigenvalue weighted by Gasteiger charge is -2.22. The Balaban J connectivity index is 1.84. The molecule has 0 saturated carbocycles. The first kappa shape index (κ1) is 16.2. The summed E-state index contributed by atoms with van der Waals surface area (Å²) in [6, 6.07) is 14.8. The number of carbonyl (C=O) groups excluding carboxylic acids is 3. The maximum atomic E-state index is 12.6. The van der Waals surface area contributed by atoms with Crippen molar-refractivity contribution in [2.45, 2.75) is 19.5 Å². The summed E-state index contributed by atoms with van der Waals surface area (Å²) in [4.78, 5) is 39.1. The first-order valence-electron chi connectivity index (χ1n) is 7.47. The molecular weight excluding hydrogens is 328 g/mol. The van der Waals surface area contributed by atoms with Gasteiger partial charge in [-0.3, -0.25) is 14.5 Å². The van der Waals surface area contributed by atoms with Gasteiger partial charge in [0.1, 0.15) is 0 Å². The maximum absolute atomic E-state index is 12.6. The quantitative estimate of drug-likeness (QED) is 0.632. The van der Waals surface area contributed by atoms with Crippen molar-refractivity contribution in [2.24, 2.45) is 0 Å². The summed E-state index contributed by atoms with van der Waals surface area (Å²) in [6.45, 7) is 1.77. The summed E-state index contributed by atoms with van der Waals surface area (Å²) in [5.41, 5.74) is 1.52. The molecule has 1 unspecified atom stereocenters. The zero-order chi connectivity index (χ0) is 17.3. The van der Waals surface area contributed by atoms with Gasteiger partial charge in [-0.2, -0.15) is 0 Å². The lowest BCUT2D eigenvalue weighted by Crippen LogP contribution is -2.35. The normalized spacial score (nSPS) is 16.0. The maximum Gasteiger partial charge on any atom is 0.335 e. The number of nitrogens with zero attached hydrogens (tertiary/aromatic N) is 2. The number of hydrogen-bond acceptors (Lipinski definition) is 3. The average Bonchev–Trinajstić information content (AvgIpc) is 2.80. The van der Waals surface area contributed by atoms with Crippen molar-refractivity contribution in [2.75, 3.05) is 0 Å². The monoisotopic (exact) mass is 342 g/mol. The molecule has 0 aromatic heterocycles. The molecule has 5 nitrogen and oxygen atoms in total. The minimum atomic E-state index is -0.808. The first-order valence-corrected chi connectivity index (χ1v) is 7.85. The molecule has 0 N–H and O–H groups in total. The second-order valence-electron chi connectivity index (χ2n) is 5.56. The van der Waals surface area contributed by atoms with Gasteiger partial charge in [-0.25, -0.2) is 9.69 Å². The van der Waals surface area contributed by atoms with E-state index < -0.39 is 23.9 Å². The lowest BCUT2D eigenvalue weighted by atomic mass is 10.1. The molecule has 1 fully saturated rings. The first-order chi connectivity index (χ1) is 11.5. The molecule has 24 heavy (non-hydrogen) atoms. The summed E-state index contributed by atoms with van der Waals surface area (Å²) in [6.07, 6.45) is 0. The predicted octanol–water partition coefficient (Wildman–Crippen LogP) is 3.39. The summed E-state index contributed by atoms with van der Waals surface area (Å²) in [7, 11) is 0. The Labute approximate surface area is 144 Å². The van der Waals surface area contributed by atoms with Crippen LogP contribution in [-0.4, -0.2) is 27.6 Å². The van der Waals surface area contributed by atoms with Gasteiger partial charge < -0.3 is 0 Å². The van der Waals surface area contributed by atoms with Crippen molar-refractivity contribution >= 4 is 29.4 Å². The van der Waals surface area contributed by atoms with Crippen LogP contribution in [0.4, 0.5) is 4.79 Å². The van der Waals surface area contributed by atoms with Crippen LogP contribution in [0.3, 0.4) is 0 Å². The van der Waals surface area contributed by atoms with E-state index in [1.54, 1.807) is 31.2 Å². The zero-order valence-electron chi connectivity index (χ0n) is 13.0. The van der Waals surface area contributed by atoms with Gasteiger partial charge in [0.2, 0.25) is 0 Å². The van der Waals surface area contributed by atoms with E-state index >= 15 is 0 Å². The van der Waals surface area contributed by atoms with Crippen molar-refractivity contribution in [3.8, 4) is 0 Å². The highest BCUT2D eigenvalue weighted by atomic mass is 35.5. The summed E-state index contributed by atoms with van der Waals surface area (Å²) in [5, 5.41) is 0.563. The molecule has 122 valence electrons. The molecule has 0 bridgehead atoms. The molecule has 2 aromatic carbocycles. The smallest absolute Gasteiger partial charge is 0.263 e. The Morgan fingerprint density at radius 1 is 0.917 bits per heavy atom. The minimum absolute atomic E-state index is 0.0403. The molecule has 4 amide bonds. The largest absolute Gasteiger partial charge is 0.335 e. The van der Waals surface area contributed by atoms with Gasteiger partial charge in [-0.05, 0) is 30.2 Å². The summed E-state index contributed by atoms with van der Waals surface area (Å²) in [5.74, 6) is -1.61. The SMILES string of the molecule is CC(c1ccccc1)N1C(=O)C(=O)N(Cc2ccc(Cl)cc2)C1=O. The van der Waals surface area contributed by atoms with Crippen molar-refractivity contribution < 1.29 is 14.4 Å². The molecule has 1 atom stereocenters. The van der Waals surface area contributed by atoms with Crippen LogP contribution in [0.25, 0.3) is 0 Å². The Hall–Kier alpha value is -2.66. The van der Waals surface area contributed by atoms with Crippen molar-refractivity contribution in [3.05, 3.63) is 70.7 Å². The Kier molecular flexibility index (Phi) is 4.36. The van der Waals surface area contributed by atoms with E-state index in [9.17, 15) is 14.4 Å². The Morgan fingerprint density at radius 3 is 2.17 bits per heavy atom. The van der Waals surface area contributed by atoms with Gasteiger partial charge in [0.25, 0.3) is 0 Å². The minimum Gasteiger partial charge on any atom is -0.263 e. The zero-order valence-corrected chi connectivity index (χ0v) is 13.7. The van der Waals surface area contributed by atoms with E-state index in [1.165, 1.54) is 0 Å². The standard InChI is InChI=1S/C18H15ClN2O3/c1-12(14-5-3-2-4-6-14)21-17(23)16(22)20(18(21)24)11-13-7-9-15(19)10-8-13/h2-10,12H,11H2,1H3. The molecule has 3 rings (SSSR count). The molecule has 1 aliphatic heterocycles. The van der Waals surface area contributed by atoms with Crippen LogP contribution in [0.1, 0.15) is 24.1 Å². The summed E-state index contributed by atoms with van der Waals surface area (Å²) >= 11 is 5.83. The van der Waals surface area contributed by atoms with E-state index in [2.05, 4.69) is 0 Å². The Morgan fingerprint density at radius 2 is 1.54 bits per heavy atom. The number of carbonyl (C=O) groups is 3. The average molecular weight is 343 g/mol. The van der Waals surface area contributed by atoms with Gasteiger partial charge in [0.05, 0.1) is 12.6 Å². The third-order valence-corrected chi connectivity index (χ3v) is 4.26. The highest BCUT2D eigenvalue weighted by molar-refractivity contribution is 6.44. The van der Waals surface area contributed by atoms with E-state index in [1.807, 2.05) is 30.3 Å². The number of amides is 4. The van der Waals surface area contributed by atoms with E-state index in [-0.39, 0.29) is 6.54 Å². The molecule has 2 aromatic rings. The number of hydrogen-bond donors (Lipinski definition) is 0. The number of halogens is 1. The van der Waals surface area contributed by atoms with Crippen molar-refractivity contribution in [1.82, 2.24) is 9.80 Å². The lowest BCUT2D eigenvalue weighted by molar-refractivity contribution is -0.144. The van der Waals surface area contributed by atoms with Crippen molar-refractivity contribution in [1.29, 1.82) is 0 Å². The van der Waals surface area contributed by atoms with Crippen molar-refractivity contribution in [3.63, 3.8) is 0 Å². The predicted molar refractivity (Wildman–Crippen MR) is 89.1 cm³/mol. The van der Waals surface area contributed by atoms with Crippen LogP contribution >= 0.6 is 11.6 Å². The molecule has 1 aliphatic rings. The van der Waals surface area contributed by atoms with E-state index in [4.69, 9.17) is 11.6 Å². The molecule has 0 spiro atoms. The van der Waals surface area contributed by atoms with Crippen LogP contribution in [0.2, 0.25) is 5.02 Å². The van der Waals surface area contributed by atoms with Crippen LogP contribution < -0.4 is 0 Å². The molecular formula is C18H15ClN2O3. The third kappa shape index (κ3) is 2.90. The number of imide groups is 2. The molecule has 0 radical (unpaired) electrons. The highest BCUT2D eigenvalue weighted by Crippen LogP contribution is 2.27. The van der Waals surface area contributed by atoms with Crippen LogP contribution in [0.5, 0.6) is 0 Å². The number of benzene rings is 2. The molecule has 0 aliphatic carbocycles. The molecule has 1 heterocycles. The second kappa shape index (κ2) is 6.45. The second-order valence-corrected chi connectivity index (χ2v) is 6.00. The van der Waals surface area contributed by atoms with E-state index in [0.29, 0.717) is 5.02 Å². The molecule has 6 heteroatoms. The van der Waals surface area contributed by atoms with Gasteiger partial charge in [0, 0.05) is 5.02 Å². The van der Waals surface area contributed by atoms with Crippen LogP contribution in [0.15, 0.2) is 54.6 Å². The van der Waals surface area contributed by atoms with Gasteiger partial charge in [-0.1, -0.05) is 54.1 Å². The van der Waals surface area contributed by atoms with Gasteiger partial charge >= 0.3 is 17.8 Å². The number of urea groups is 1. The summed E-state index contributed by atoms with van der Waals surface area (Å²) < 4.78 is 0. The fraction of sp³-hybridized carbons (Fsp3) is 0.167. The number of rotatable bonds is 4. The fourth-order valence-corrected chi connectivity index (χ4v) is 2.78. The van der Waals surface area contributed by atoms with Crippen LogP contribution in [-0.2, 0) is 16.1 Å². The van der Waals surface area contributed by atoms with Gasteiger partial charge in [0.15, 0.2) is 0 Å².